The van der Waals surface area contributed by atoms with Crippen LogP contribution in [0.5, 0.6) is 0 Å². The summed E-state index contributed by atoms with van der Waals surface area (Å²) >= 11 is -0.346. The summed E-state index contributed by atoms with van der Waals surface area (Å²) in [5.74, 6) is 0. The second-order valence-corrected chi connectivity index (χ2v) is 8.45. The van der Waals surface area contributed by atoms with Crippen LogP contribution in [0.4, 0.5) is 0 Å². The molecule has 0 amide bonds. The topological polar surface area (TPSA) is 54.0 Å². The molecular weight excluding hydrogens is 468 g/mol. The Morgan fingerprint density at radius 3 is 1.07 bits per heavy atom. The maximum atomic E-state index is 4.85. The number of nitrogens with zero attached hydrogens (tertiary/aromatic N) is 4. The molecule has 7 heteroatoms. The third-order valence-electron chi connectivity index (χ3n) is 3.92. The van der Waals surface area contributed by atoms with E-state index in [0.717, 1.165) is 44.8 Å². The standard InChI is InChI=1S/C20H12N4.2ClH.Ru/c1-2-14-10-16-5-6-18(23-16)12-20-8-7-19(24-20)11-17-4-3-15(22-17)9-13(1)21-14;;;/h1-12H;2*1H;/q-2;;;+4/p-2. The van der Waals surface area contributed by atoms with Gasteiger partial charge in [-0.15, -0.1) is 22.1 Å². The van der Waals surface area contributed by atoms with Gasteiger partial charge in [-0.25, -0.2) is 9.97 Å². The molecule has 0 unspecified atom stereocenters. The van der Waals surface area contributed by atoms with E-state index in [-0.39, 0.29) is 15.1 Å². The van der Waals surface area contributed by atoms with Crippen molar-refractivity contribution in [3.63, 3.8) is 0 Å². The predicted octanol–water partition coefficient (Wildman–Crippen LogP) is 5.29. The quantitative estimate of drug-likeness (QED) is 0.283. The molecule has 0 aromatic carbocycles. The van der Waals surface area contributed by atoms with Gasteiger partial charge in [0.15, 0.2) is 0 Å². The first-order chi connectivity index (χ1) is 13.2. The van der Waals surface area contributed by atoms with Crippen molar-refractivity contribution in [1.82, 2.24) is 19.9 Å². The molecule has 0 saturated carbocycles. The molecule has 8 bridgehead atoms. The molecule has 27 heavy (non-hydrogen) atoms. The number of hydrogen-bond donors (Lipinski definition) is 0. The molecule has 2 aliphatic heterocycles. The van der Waals surface area contributed by atoms with Crippen molar-refractivity contribution in [3.8, 4) is 0 Å². The zero-order valence-electron chi connectivity index (χ0n) is 13.8. The normalized spacial score (nSPS) is 11.9. The SMILES string of the molecule is C1=Cc2cc3ccc(cc4nc(cc5ccc(cc1n2)[n-]5)C=C4)[n-]3.[Cl][Ru+2][Cl]. The number of aromatic nitrogens is 4. The second kappa shape index (κ2) is 8.22. The molecule has 4 nitrogen and oxygen atoms in total. The van der Waals surface area contributed by atoms with Crippen LogP contribution in [-0.2, 0) is 15.1 Å². The van der Waals surface area contributed by atoms with E-state index in [2.05, 4.69) is 19.9 Å². The molecule has 3 aromatic heterocycles. The summed E-state index contributed by atoms with van der Waals surface area (Å²) in [5, 5.41) is 0. The van der Waals surface area contributed by atoms with E-state index < -0.39 is 0 Å². The minimum absolute atomic E-state index is 0.346. The van der Waals surface area contributed by atoms with Gasteiger partial charge in [0, 0.05) is 0 Å². The number of rotatable bonds is 0. The molecule has 0 radical (unpaired) electrons. The molecule has 2 aliphatic rings. The van der Waals surface area contributed by atoms with E-state index in [1.807, 2.05) is 72.8 Å². The van der Waals surface area contributed by atoms with E-state index in [1.165, 1.54) is 0 Å². The number of hydrogen-bond acceptors (Lipinski definition) is 2. The predicted molar refractivity (Wildman–Crippen MR) is 109 cm³/mol. The maximum absolute atomic E-state index is 4.85. The van der Waals surface area contributed by atoms with Gasteiger partial charge in [0.2, 0.25) is 0 Å². The fourth-order valence-corrected chi connectivity index (χ4v) is 2.83. The summed E-state index contributed by atoms with van der Waals surface area (Å²) in [5.41, 5.74) is 7.15. The van der Waals surface area contributed by atoms with Crippen LogP contribution in [0.15, 0.2) is 48.5 Å². The summed E-state index contributed by atoms with van der Waals surface area (Å²) in [7, 11) is 9.71. The first-order valence-corrected chi connectivity index (χ1v) is 12.5. The van der Waals surface area contributed by atoms with E-state index in [9.17, 15) is 0 Å². The molecule has 0 saturated heterocycles. The van der Waals surface area contributed by atoms with Crippen LogP contribution in [0.3, 0.4) is 0 Å². The summed E-state index contributed by atoms with van der Waals surface area (Å²) in [4.78, 5) is 18.4. The number of fused-ring (bicyclic) bond motifs is 8. The van der Waals surface area contributed by atoms with Crippen molar-refractivity contribution in [2.45, 2.75) is 0 Å². The summed E-state index contributed by atoms with van der Waals surface area (Å²) in [6.07, 6.45) is 7.95. The summed E-state index contributed by atoms with van der Waals surface area (Å²) in [6, 6.07) is 15.9. The zero-order valence-corrected chi connectivity index (χ0v) is 17.1. The van der Waals surface area contributed by atoms with Crippen LogP contribution in [0.25, 0.3) is 46.4 Å². The Bertz CT molecular complexity index is 1020. The van der Waals surface area contributed by atoms with Gasteiger partial charge < -0.3 is 9.97 Å². The summed E-state index contributed by atoms with van der Waals surface area (Å²) < 4.78 is 0. The van der Waals surface area contributed by atoms with Gasteiger partial charge in [0.1, 0.15) is 0 Å². The van der Waals surface area contributed by atoms with E-state index >= 15 is 0 Å². The number of halogens is 2. The molecule has 0 atom stereocenters. The Balaban J connectivity index is 0.000000565. The second-order valence-electron chi connectivity index (χ2n) is 5.81. The average molecular weight is 480 g/mol. The van der Waals surface area contributed by atoms with Crippen LogP contribution in [0, 0.1) is 0 Å². The molecule has 3 aromatic rings. The van der Waals surface area contributed by atoms with Gasteiger partial charge in [0.25, 0.3) is 0 Å². The van der Waals surface area contributed by atoms with Crippen molar-refractivity contribution in [2.24, 2.45) is 0 Å². The van der Waals surface area contributed by atoms with Crippen molar-refractivity contribution >= 4 is 65.8 Å². The Hall–Kier alpha value is -2.20. The van der Waals surface area contributed by atoms with Crippen LogP contribution >= 0.6 is 19.4 Å². The molecule has 0 fully saturated rings. The average Bonchev–Trinajstić information content (AvgIpc) is 3.41. The fraction of sp³-hybridized carbons (Fsp3) is 0. The molecule has 5 heterocycles. The van der Waals surface area contributed by atoms with Crippen LogP contribution in [0.1, 0.15) is 22.8 Å². The molecule has 134 valence electrons. The molecular formula is C20H12Cl2N4Ru. The van der Waals surface area contributed by atoms with Crippen LogP contribution < -0.4 is 9.97 Å². The Kier molecular flexibility index (Phi) is 5.54. The first-order valence-electron chi connectivity index (χ1n) is 8.01. The van der Waals surface area contributed by atoms with E-state index in [1.54, 1.807) is 0 Å². The van der Waals surface area contributed by atoms with Gasteiger partial charge in [0.05, 0.1) is 22.8 Å². The zero-order chi connectivity index (χ0) is 18.6. The Morgan fingerprint density at radius 1 is 0.556 bits per heavy atom. The van der Waals surface area contributed by atoms with Crippen molar-refractivity contribution in [3.05, 3.63) is 71.3 Å². The van der Waals surface area contributed by atoms with Crippen molar-refractivity contribution < 1.29 is 15.1 Å². The Labute approximate surface area is 171 Å². The van der Waals surface area contributed by atoms with Gasteiger partial charge in [-0.2, -0.15) is 0 Å². The molecule has 0 spiro atoms. The van der Waals surface area contributed by atoms with E-state index in [4.69, 9.17) is 19.4 Å². The van der Waals surface area contributed by atoms with Crippen molar-refractivity contribution in [1.29, 1.82) is 0 Å². The fourth-order valence-electron chi connectivity index (χ4n) is 2.83. The minimum atomic E-state index is -0.346. The van der Waals surface area contributed by atoms with Crippen molar-refractivity contribution in [2.75, 3.05) is 0 Å². The first kappa shape index (κ1) is 18.2. The van der Waals surface area contributed by atoms with Gasteiger partial charge in [-0.05, 0) is 24.3 Å². The monoisotopic (exact) mass is 480 g/mol. The summed E-state index contributed by atoms with van der Waals surface area (Å²) in [6.45, 7) is 0. The molecule has 0 N–H and O–H groups in total. The van der Waals surface area contributed by atoms with E-state index in [0.29, 0.717) is 0 Å². The Morgan fingerprint density at radius 2 is 0.815 bits per heavy atom. The van der Waals surface area contributed by atoms with Crippen LogP contribution in [0.2, 0.25) is 0 Å². The third-order valence-corrected chi connectivity index (χ3v) is 3.92. The third kappa shape index (κ3) is 4.56. The molecule has 0 aliphatic carbocycles. The molecule has 5 rings (SSSR count). The van der Waals surface area contributed by atoms with Gasteiger partial charge in [-0.1, -0.05) is 48.5 Å². The van der Waals surface area contributed by atoms with Gasteiger partial charge in [-0.3, -0.25) is 0 Å². The van der Waals surface area contributed by atoms with Crippen LogP contribution in [-0.4, -0.2) is 9.97 Å². The van der Waals surface area contributed by atoms with Gasteiger partial charge >= 0.3 is 34.5 Å².